The lowest BCUT2D eigenvalue weighted by Gasteiger charge is -1.97. The van der Waals surface area contributed by atoms with Gasteiger partial charge in [-0.05, 0) is 17.7 Å². The fraction of sp³-hybridized carbons (Fsp3) is 0. The van der Waals surface area contributed by atoms with E-state index in [0.717, 1.165) is 5.69 Å². The molecule has 0 aliphatic heterocycles. The second kappa shape index (κ2) is 2.50. The highest BCUT2D eigenvalue weighted by atomic mass is 15.2. The van der Waals surface area contributed by atoms with Crippen molar-refractivity contribution in [1.29, 1.82) is 0 Å². The average molecular weight is 119 g/mol. The molecule has 44 valence electrons. The first-order chi connectivity index (χ1) is 4.33. The van der Waals surface area contributed by atoms with Crippen molar-refractivity contribution in [2.45, 2.75) is 0 Å². The van der Waals surface area contributed by atoms with Gasteiger partial charge in [0.05, 0.1) is 5.69 Å². The number of nitrogens with two attached hydrogens (primary N) is 1. The average Bonchev–Trinajstić information content (AvgIpc) is 1.88. The lowest BCUT2D eigenvalue weighted by Crippen LogP contribution is -2.12. The van der Waals surface area contributed by atoms with Crippen LogP contribution < -0.4 is 16.9 Å². The molecule has 0 unspecified atom stereocenters. The molecule has 2 radical (unpaired) electrons. The van der Waals surface area contributed by atoms with Crippen molar-refractivity contribution in [3.63, 3.8) is 0 Å². The van der Waals surface area contributed by atoms with Crippen molar-refractivity contribution >= 4 is 19.1 Å². The van der Waals surface area contributed by atoms with Crippen molar-refractivity contribution in [3.8, 4) is 0 Å². The summed E-state index contributed by atoms with van der Waals surface area (Å²) in [5, 5.41) is 0. The quantitative estimate of drug-likeness (QED) is 0.288. The summed E-state index contributed by atoms with van der Waals surface area (Å²) < 4.78 is 0. The van der Waals surface area contributed by atoms with Crippen molar-refractivity contribution in [2.24, 2.45) is 5.84 Å². The third kappa shape index (κ3) is 1.43. The van der Waals surface area contributed by atoms with E-state index in [-0.39, 0.29) is 0 Å². The summed E-state index contributed by atoms with van der Waals surface area (Å²) in [6.45, 7) is 0. The van der Waals surface area contributed by atoms with Crippen LogP contribution in [0, 0.1) is 0 Å². The molecule has 0 aromatic carbocycles. The molecule has 0 spiro atoms. The number of rotatable bonds is 1. The normalized spacial score (nSPS) is 9.00. The van der Waals surface area contributed by atoms with Crippen LogP contribution in [0.5, 0.6) is 0 Å². The molecule has 0 saturated carbocycles. The Morgan fingerprint density at radius 2 is 2.44 bits per heavy atom. The van der Waals surface area contributed by atoms with E-state index in [2.05, 4.69) is 10.4 Å². The van der Waals surface area contributed by atoms with Gasteiger partial charge >= 0.3 is 0 Å². The molecule has 0 fully saturated rings. The van der Waals surface area contributed by atoms with Crippen LogP contribution in [-0.2, 0) is 0 Å². The highest BCUT2D eigenvalue weighted by Gasteiger charge is 1.86. The highest BCUT2D eigenvalue weighted by molar-refractivity contribution is 6.30. The Labute approximate surface area is 54.7 Å². The second-order valence-corrected chi connectivity index (χ2v) is 1.61. The minimum atomic E-state index is 0.463. The molecule has 3 N–H and O–H groups in total. The van der Waals surface area contributed by atoms with Gasteiger partial charge in [0, 0.05) is 6.20 Å². The molecule has 1 heterocycles. The fourth-order valence-corrected chi connectivity index (χ4v) is 0.538. The predicted octanol–water partition coefficient (Wildman–Crippen LogP) is -0.839. The first kappa shape index (κ1) is 6.10. The summed E-state index contributed by atoms with van der Waals surface area (Å²) >= 11 is 0. The molecule has 9 heavy (non-hydrogen) atoms. The third-order valence-corrected chi connectivity index (χ3v) is 0.948. The van der Waals surface area contributed by atoms with Crippen LogP contribution in [0.4, 0.5) is 5.69 Å². The maximum absolute atomic E-state index is 5.33. The van der Waals surface area contributed by atoms with E-state index in [4.69, 9.17) is 13.7 Å². The number of nitrogens with zero attached hydrogens (tertiary/aromatic N) is 1. The molecular weight excluding hydrogens is 113 g/mol. The fourth-order valence-electron chi connectivity index (χ4n) is 0.538. The van der Waals surface area contributed by atoms with E-state index >= 15 is 0 Å². The molecule has 0 aliphatic carbocycles. The van der Waals surface area contributed by atoms with Gasteiger partial charge in [0.15, 0.2) is 0 Å². The monoisotopic (exact) mass is 119 g/mol. The molecule has 3 nitrogen and oxygen atoms in total. The van der Waals surface area contributed by atoms with Crippen molar-refractivity contribution < 1.29 is 0 Å². The molecule has 0 amide bonds. The van der Waals surface area contributed by atoms with Crippen LogP contribution in [0.2, 0.25) is 0 Å². The summed E-state index contributed by atoms with van der Waals surface area (Å²) in [5.74, 6) is 5.09. The van der Waals surface area contributed by atoms with Crippen molar-refractivity contribution in [1.82, 2.24) is 4.98 Å². The molecule has 0 saturated heterocycles. The van der Waals surface area contributed by atoms with Crippen LogP contribution in [0.25, 0.3) is 0 Å². The Kier molecular flexibility index (Phi) is 1.70. The number of nitrogens with one attached hydrogen (secondary N) is 1. The zero-order chi connectivity index (χ0) is 6.69. The zero-order valence-corrected chi connectivity index (χ0v) is 4.83. The van der Waals surface area contributed by atoms with Crippen LogP contribution in [0.3, 0.4) is 0 Å². The maximum atomic E-state index is 5.33. The summed E-state index contributed by atoms with van der Waals surface area (Å²) in [6.07, 6.45) is 1.59. The van der Waals surface area contributed by atoms with Crippen molar-refractivity contribution in [2.75, 3.05) is 5.43 Å². The zero-order valence-electron chi connectivity index (χ0n) is 4.83. The molecule has 1 aromatic rings. The number of hydrogen-bond donors (Lipinski definition) is 2. The van der Waals surface area contributed by atoms with E-state index in [0.29, 0.717) is 5.59 Å². The van der Waals surface area contributed by atoms with E-state index in [1.54, 1.807) is 18.3 Å². The molecule has 4 heteroatoms. The third-order valence-electron chi connectivity index (χ3n) is 0.948. The van der Waals surface area contributed by atoms with E-state index in [1.807, 2.05) is 0 Å². The number of hydrogen-bond acceptors (Lipinski definition) is 3. The molecule has 0 aliphatic rings. The van der Waals surface area contributed by atoms with Gasteiger partial charge in [-0.2, -0.15) is 0 Å². The van der Waals surface area contributed by atoms with Crippen LogP contribution in [0.15, 0.2) is 18.3 Å². The van der Waals surface area contributed by atoms with Gasteiger partial charge in [-0.1, -0.05) is 0 Å². The molecular formula is C5H6BN3. The molecule has 0 atom stereocenters. The first-order valence-corrected chi connectivity index (χ1v) is 2.51. The molecule has 1 rings (SSSR count). The van der Waals surface area contributed by atoms with Gasteiger partial charge in [0.2, 0.25) is 0 Å². The Morgan fingerprint density at radius 1 is 1.67 bits per heavy atom. The van der Waals surface area contributed by atoms with Crippen LogP contribution in [-0.4, -0.2) is 12.8 Å². The number of nitrogen functional groups attached to an aromatic ring is 1. The predicted molar refractivity (Wildman–Crippen MR) is 37.4 cm³/mol. The topological polar surface area (TPSA) is 50.9 Å². The lowest BCUT2D eigenvalue weighted by molar-refractivity contribution is 1.31. The largest absolute Gasteiger partial charge is 0.324 e. The first-order valence-electron chi connectivity index (χ1n) is 2.51. The van der Waals surface area contributed by atoms with Gasteiger partial charge in [0.1, 0.15) is 7.85 Å². The summed E-state index contributed by atoms with van der Waals surface area (Å²) in [4.78, 5) is 3.77. The molecule has 1 aromatic heterocycles. The van der Waals surface area contributed by atoms with Crippen LogP contribution in [0.1, 0.15) is 0 Å². The lowest BCUT2D eigenvalue weighted by atomic mass is 10.0. The summed E-state index contributed by atoms with van der Waals surface area (Å²) in [6, 6.07) is 3.39. The maximum Gasteiger partial charge on any atom is 0.141 e. The smallest absolute Gasteiger partial charge is 0.141 e. The summed E-state index contributed by atoms with van der Waals surface area (Å²) in [5.41, 5.74) is 3.68. The van der Waals surface area contributed by atoms with Gasteiger partial charge in [-0.3, -0.25) is 10.8 Å². The van der Waals surface area contributed by atoms with E-state index < -0.39 is 0 Å². The Balaban J connectivity index is 2.94. The van der Waals surface area contributed by atoms with E-state index in [1.165, 1.54) is 0 Å². The Morgan fingerprint density at radius 3 is 2.89 bits per heavy atom. The van der Waals surface area contributed by atoms with Crippen molar-refractivity contribution in [3.05, 3.63) is 18.3 Å². The highest BCUT2D eigenvalue weighted by Crippen LogP contribution is 1.96. The van der Waals surface area contributed by atoms with Gasteiger partial charge in [-0.25, -0.2) is 0 Å². The number of hydrazine groups is 1. The van der Waals surface area contributed by atoms with Gasteiger partial charge in [-0.15, -0.1) is 0 Å². The van der Waals surface area contributed by atoms with Gasteiger partial charge < -0.3 is 5.43 Å². The van der Waals surface area contributed by atoms with E-state index in [9.17, 15) is 0 Å². The second-order valence-electron chi connectivity index (χ2n) is 1.61. The minimum absolute atomic E-state index is 0.463. The standard InChI is InChI=1S/C5H6BN3/c6-5-3-4(9-7)1-2-8-5/h1-3H,7H2,(H,8,9). The Hall–Kier alpha value is -1.03. The van der Waals surface area contributed by atoms with Crippen LogP contribution >= 0.6 is 0 Å². The minimum Gasteiger partial charge on any atom is -0.324 e. The number of pyridine rings is 1. The SMILES string of the molecule is [B]c1cc(NN)ccn1. The van der Waals surface area contributed by atoms with Gasteiger partial charge in [0.25, 0.3) is 0 Å². The summed E-state index contributed by atoms with van der Waals surface area (Å²) in [7, 11) is 5.33. The Bertz CT molecular complexity index is 201. The number of anilines is 1. The number of aromatic nitrogens is 1. The molecule has 0 bridgehead atoms.